The number of aryl methyl sites for hydroxylation is 3. The summed E-state index contributed by atoms with van der Waals surface area (Å²) >= 11 is 1.42. The number of carbonyl (C=O) groups is 1. The van der Waals surface area contributed by atoms with Gasteiger partial charge in [0.05, 0.1) is 4.90 Å². The first-order valence-corrected chi connectivity index (χ1v) is 14.4. The zero-order chi connectivity index (χ0) is 26.4. The number of carbonyl (C=O) groups excluding carboxylic acids is 1. The lowest BCUT2D eigenvalue weighted by Gasteiger charge is -2.20. The number of nitrogens with one attached hydrogen (secondary N) is 2. The second-order valence-corrected chi connectivity index (χ2v) is 11.7. The molecule has 0 aromatic heterocycles. The third-order valence-electron chi connectivity index (χ3n) is 6.02. The maximum Gasteiger partial charge on any atom is 0.261 e. The van der Waals surface area contributed by atoms with Crippen molar-refractivity contribution in [3.05, 3.63) is 119 Å². The van der Waals surface area contributed by atoms with Crippen molar-refractivity contribution in [3.63, 3.8) is 0 Å². The monoisotopic (exact) mass is 530 g/mol. The first-order valence-electron chi connectivity index (χ1n) is 12.1. The van der Waals surface area contributed by atoms with Crippen LogP contribution < -0.4 is 10.0 Å². The molecule has 0 spiro atoms. The lowest BCUT2D eigenvalue weighted by Crippen LogP contribution is -2.20. The summed E-state index contributed by atoms with van der Waals surface area (Å²) in [5.74, 6) is -0.107. The highest BCUT2D eigenvalue weighted by atomic mass is 32.2. The average Bonchev–Trinajstić information content (AvgIpc) is 2.90. The summed E-state index contributed by atoms with van der Waals surface area (Å²) in [6.07, 6.45) is 0.820. The number of para-hydroxylation sites is 1. The van der Waals surface area contributed by atoms with Crippen LogP contribution in [0.1, 0.15) is 34.4 Å². The van der Waals surface area contributed by atoms with Crippen molar-refractivity contribution in [1.82, 2.24) is 0 Å². The SMILES string of the molecule is CCc1cccc(C)c1NC(=O)C(Sc1ccc(NS(=O)(=O)c2ccc(C)cc2)cc1)c1ccccc1. The van der Waals surface area contributed by atoms with Gasteiger partial charge in [0, 0.05) is 16.3 Å². The van der Waals surface area contributed by atoms with Gasteiger partial charge in [-0.2, -0.15) is 0 Å². The molecule has 4 rings (SSSR count). The van der Waals surface area contributed by atoms with Crippen molar-refractivity contribution in [3.8, 4) is 0 Å². The van der Waals surface area contributed by atoms with Gasteiger partial charge in [-0.05, 0) is 73.4 Å². The summed E-state index contributed by atoms with van der Waals surface area (Å²) < 4.78 is 28.1. The topological polar surface area (TPSA) is 75.3 Å². The Morgan fingerprint density at radius 3 is 2.16 bits per heavy atom. The zero-order valence-electron chi connectivity index (χ0n) is 21.1. The van der Waals surface area contributed by atoms with Crippen LogP contribution in [0.25, 0.3) is 0 Å². The molecule has 0 radical (unpaired) electrons. The number of benzene rings is 4. The minimum atomic E-state index is -3.69. The number of thioether (sulfide) groups is 1. The van der Waals surface area contributed by atoms with Gasteiger partial charge in [-0.25, -0.2) is 8.42 Å². The molecule has 7 heteroatoms. The van der Waals surface area contributed by atoms with E-state index in [1.165, 1.54) is 11.8 Å². The molecule has 0 fully saturated rings. The second kappa shape index (κ2) is 11.7. The first kappa shape index (κ1) is 26.5. The van der Waals surface area contributed by atoms with E-state index in [2.05, 4.69) is 17.0 Å². The molecule has 1 amide bonds. The van der Waals surface area contributed by atoms with Crippen molar-refractivity contribution in [2.24, 2.45) is 0 Å². The maximum atomic E-state index is 13.5. The van der Waals surface area contributed by atoms with Crippen LogP contribution in [0, 0.1) is 13.8 Å². The van der Waals surface area contributed by atoms with Gasteiger partial charge < -0.3 is 5.32 Å². The lowest BCUT2D eigenvalue weighted by atomic mass is 10.1. The van der Waals surface area contributed by atoms with E-state index in [1.54, 1.807) is 36.4 Å². The van der Waals surface area contributed by atoms with Crippen LogP contribution in [-0.2, 0) is 21.2 Å². The first-order chi connectivity index (χ1) is 17.8. The molecule has 2 N–H and O–H groups in total. The molecule has 0 saturated carbocycles. The lowest BCUT2D eigenvalue weighted by molar-refractivity contribution is -0.115. The molecule has 5 nitrogen and oxygen atoms in total. The van der Waals surface area contributed by atoms with Crippen LogP contribution in [-0.4, -0.2) is 14.3 Å². The molecule has 0 heterocycles. The molecule has 4 aromatic rings. The van der Waals surface area contributed by atoms with E-state index in [0.29, 0.717) is 5.69 Å². The fraction of sp³-hybridized carbons (Fsp3) is 0.167. The molecule has 0 aliphatic rings. The average molecular weight is 531 g/mol. The van der Waals surface area contributed by atoms with E-state index in [9.17, 15) is 13.2 Å². The van der Waals surface area contributed by atoms with Gasteiger partial charge in [0.1, 0.15) is 5.25 Å². The van der Waals surface area contributed by atoms with E-state index >= 15 is 0 Å². The summed E-state index contributed by atoms with van der Waals surface area (Å²) in [4.78, 5) is 14.6. The predicted molar refractivity (Wildman–Crippen MR) is 153 cm³/mol. The van der Waals surface area contributed by atoms with Crippen molar-refractivity contribution in [1.29, 1.82) is 0 Å². The molecule has 0 saturated heterocycles. The quantitative estimate of drug-likeness (QED) is 0.226. The van der Waals surface area contributed by atoms with Gasteiger partial charge in [-0.3, -0.25) is 9.52 Å². The van der Waals surface area contributed by atoms with Crippen molar-refractivity contribution >= 4 is 39.1 Å². The normalized spacial score (nSPS) is 12.1. The summed E-state index contributed by atoms with van der Waals surface area (Å²) in [7, 11) is -3.69. The van der Waals surface area contributed by atoms with E-state index in [4.69, 9.17) is 0 Å². The molecule has 190 valence electrons. The molecular weight excluding hydrogens is 500 g/mol. The van der Waals surface area contributed by atoms with Crippen LogP contribution in [0.4, 0.5) is 11.4 Å². The van der Waals surface area contributed by atoms with Crippen LogP contribution in [0.2, 0.25) is 0 Å². The van der Waals surface area contributed by atoms with Gasteiger partial charge in [-0.15, -0.1) is 11.8 Å². The van der Waals surface area contributed by atoms with Crippen LogP contribution in [0.5, 0.6) is 0 Å². The third-order valence-corrected chi connectivity index (χ3v) is 8.68. The Bertz CT molecular complexity index is 1470. The van der Waals surface area contributed by atoms with Crippen LogP contribution in [0.3, 0.4) is 0 Å². The fourth-order valence-corrected chi connectivity index (χ4v) is 6.04. The Morgan fingerprint density at radius 1 is 0.838 bits per heavy atom. The molecular formula is C30H30N2O3S2. The van der Waals surface area contributed by atoms with Crippen LogP contribution in [0.15, 0.2) is 107 Å². The fourth-order valence-electron chi connectivity index (χ4n) is 3.96. The van der Waals surface area contributed by atoms with Crippen LogP contribution >= 0.6 is 11.8 Å². The molecule has 0 aliphatic carbocycles. The highest BCUT2D eigenvalue weighted by Crippen LogP contribution is 2.37. The Hall–Kier alpha value is -3.55. The molecule has 0 aliphatic heterocycles. The van der Waals surface area contributed by atoms with Gasteiger partial charge in [-0.1, -0.05) is 73.2 Å². The van der Waals surface area contributed by atoms with Gasteiger partial charge >= 0.3 is 0 Å². The molecule has 0 bridgehead atoms. The smallest absolute Gasteiger partial charge is 0.261 e. The number of amides is 1. The Labute approximate surface area is 223 Å². The van der Waals surface area contributed by atoms with E-state index in [-0.39, 0.29) is 10.8 Å². The number of anilines is 2. The number of hydrogen-bond donors (Lipinski definition) is 2. The van der Waals surface area contributed by atoms with Crippen molar-refractivity contribution in [2.45, 2.75) is 42.2 Å². The van der Waals surface area contributed by atoms with Crippen molar-refractivity contribution < 1.29 is 13.2 Å². The van der Waals surface area contributed by atoms with E-state index in [0.717, 1.165) is 39.3 Å². The van der Waals surface area contributed by atoms with Crippen molar-refractivity contribution in [2.75, 3.05) is 10.0 Å². The number of rotatable bonds is 9. The number of hydrogen-bond acceptors (Lipinski definition) is 4. The Morgan fingerprint density at radius 2 is 1.51 bits per heavy atom. The third kappa shape index (κ3) is 6.61. The second-order valence-electron chi connectivity index (χ2n) is 8.80. The molecule has 1 unspecified atom stereocenters. The van der Waals surface area contributed by atoms with Gasteiger partial charge in [0.15, 0.2) is 0 Å². The Balaban J connectivity index is 1.54. The van der Waals surface area contributed by atoms with Gasteiger partial charge in [0.25, 0.3) is 10.0 Å². The molecule has 37 heavy (non-hydrogen) atoms. The molecule has 4 aromatic carbocycles. The minimum Gasteiger partial charge on any atom is -0.324 e. The maximum absolute atomic E-state index is 13.5. The predicted octanol–water partition coefficient (Wildman–Crippen LogP) is 7.14. The largest absolute Gasteiger partial charge is 0.324 e. The van der Waals surface area contributed by atoms with E-state index < -0.39 is 15.3 Å². The number of sulfonamides is 1. The summed E-state index contributed by atoms with van der Waals surface area (Å²) in [6, 6.07) is 29.5. The summed E-state index contributed by atoms with van der Waals surface area (Å²) in [6.45, 7) is 5.98. The summed E-state index contributed by atoms with van der Waals surface area (Å²) in [5.41, 5.74) is 5.31. The Kier molecular flexibility index (Phi) is 8.36. The minimum absolute atomic E-state index is 0.107. The zero-order valence-corrected chi connectivity index (χ0v) is 22.7. The van der Waals surface area contributed by atoms with E-state index in [1.807, 2.05) is 74.5 Å². The van der Waals surface area contributed by atoms with Gasteiger partial charge in [0.2, 0.25) is 5.91 Å². The highest BCUT2D eigenvalue weighted by Gasteiger charge is 2.23. The molecule has 1 atom stereocenters. The summed E-state index contributed by atoms with van der Waals surface area (Å²) in [5, 5.41) is 2.68. The standard InChI is InChI=1S/C30H30N2O3S2/c1-4-23-12-8-9-22(3)28(23)31-30(33)29(24-10-6-5-7-11-24)36-26-17-15-25(16-18-26)32-37(34,35)27-19-13-21(2)14-20-27/h5-20,29,32H,4H2,1-3H3,(H,31,33). The highest BCUT2D eigenvalue weighted by molar-refractivity contribution is 8.00.